The first-order valence-corrected chi connectivity index (χ1v) is 10.6. The third-order valence-electron chi connectivity index (χ3n) is 5.42. The number of rotatable bonds is 4. The molecule has 30 heavy (non-hydrogen) atoms. The van der Waals surface area contributed by atoms with Gasteiger partial charge >= 0.3 is 5.97 Å². The van der Waals surface area contributed by atoms with E-state index in [1.165, 1.54) is 16.9 Å². The number of ether oxygens (including phenoxy) is 2. The standard InChI is InChI=1S/C23H20N2O4S/c1-3-28-23(26)21-19(24)18-17(16-5-4-10-29-16)15-8-6-12-11-13(27-2)7-9-14(12)20(15)25-22(18)30-21/h4-5,7,9-11H,3,6,8,24H2,1-2H3. The number of aromatic nitrogens is 1. The highest BCUT2D eigenvalue weighted by Gasteiger charge is 2.29. The fraction of sp³-hybridized carbons (Fsp3) is 0.217. The maximum atomic E-state index is 12.5. The van der Waals surface area contributed by atoms with Gasteiger partial charge in [0.25, 0.3) is 0 Å². The van der Waals surface area contributed by atoms with Crippen molar-refractivity contribution < 1.29 is 18.7 Å². The van der Waals surface area contributed by atoms with Crippen LogP contribution in [0.1, 0.15) is 27.7 Å². The van der Waals surface area contributed by atoms with Crippen LogP contribution in [0.2, 0.25) is 0 Å². The Balaban J connectivity index is 1.83. The molecule has 6 nitrogen and oxygen atoms in total. The number of thiophene rings is 1. The second kappa shape index (κ2) is 7.18. The lowest BCUT2D eigenvalue weighted by Gasteiger charge is -2.22. The lowest BCUT2D eigenvalue weighted by Crippen LogP contribution is -2.08. The van der Waals surface area contributed by atoms with Gasteiger partial charge in [-0.1, -0.05) is 0 Å². The zero-order valence-corrected chi connectivity index (χ0v) is 17.5. The molecule has 0 unspecified atom stereocenters. The van der Waals surface area contributed by atoms with Gasteiger partial charge in [0.15, 0.2) is 0 Å². The molecule has 3 heterocycles. The quantitative estimate of drug-likeness (QED) is 0.463. The number of fused-ring (bicyclic) bond motifs is 4. The lowest BCUT2D eigenvalue weighted by molar-refractivity contribution is 0.0533. The van der Waals surface area contributed by atoms with Crippen molar-refractivity contribution in [1.29, 1.82) is 0 Å². The Morgan fingerprint density at radius 1 is 1.30 bits per heavy atom. The van der Waals surface area contributed by atoms with E-state index in [0.717, 1.165) is 52.1 Å². The number of methoxy groups -OCH3 is 1. The number of hydrogen-bond acceptors (Lipinski definition) is 7. The Hall–Kier alpha value is -3.32. The van der Waals surface area contributed by atoms with Gasteiger partial charge in [-0.3, -0.25) is 0 Å². The Morgan fingerprint density at radius 2 is 2.17 bits per heavy atom. The molecule has 3 aromatic heterocycles. The summed E-state index contributed by atoms with van der Waals surface area (Å²) in [5, 5.41) is 0.758. The lowest BCUT2D eigenvalue weighted by atomic mass is 9.85. The molecule has 5 rings (SSSR count). The SMILES string of the molecule is CCOC(=O)c1sc2nc3c(c(-c4ccco4)c2c1N)CCc1cc(OC)ccc1-3. The van der Waals surface area contributed by atoms with Gasteiger partial charge in [-0.25, -0.2) is 9.78 Å². The number of nitrogens with two attached hydrogens (primary N) is 1. The molecule has 0 atom stereocenters. The van der Waals surface area contributed by atoms with E-state index in [-0.39, 0.29) is 6.61 Å². The number of benzene rings is 1. The largest absolute Gasteiger partial charge is 0.497 e. The number of carbonyl (C=O) groups excluding carboxylic acids is 1. The first kappa shape index (κ1) is 18.7. The number of aryl methyl sites for hydroxylation is 1. The average Bonchev–Trinajstić information content (AvgIpc) is 3.40. The van der Waals surface area contributed by atoms with Gasteiger partial charge in [-0.15, -0.1) is 11.3 Å². The maximum absolute atomic E-state index is 12.5. The number of nitrogen functional groups attached to an aromatic ring is 1. The first-order valence-electron chi connectivity index (χ1n) is 9.75. The number of anilines is 1. The number of esters is 1. The minimum Gasteiger partial charge on any atom is -0.497 e. The highest BCUT2D eigenvalue weighted by atomic mass is 32.1. The van der Waals surface area contributed by atoms with Gasteiger partial charge in [0.05, 0.1) is 31.4 Å². The van der Waals surface area contributed by atoms with Crippen molar-refractivity contribution in [2.24, 2.45) is 0 Å². The number of furan rings is 1. The fourth-order valence-electron chi connectivity index (χ4n) is 4.09. The smallest absolute Gasteiger partial charge is 0.350 e. The van der Waals surface area contributed by atoms with Crippen molar-refractivity contribution in [3.05, 3.63) is 52.6 Å². The van der Waals surface area contributed by atoms with Crippen LogP contribution in [-0.2, 0) is 17.6 Å². The molecule has 2 N–H and O–H groups in total. The zero-order valence-electron chi connectivity index (χ0n) is 16.7. The Labute approximate surface area is 177 Å². The predicted molar refractivity (Wildman–Crippen MR) is 117 cm³/mol. The summed E-state index contributed by atoms with van der Waals surface area (Å²) in [4.78, 5) is 18.5. The summed E-state index contributed by atoms with van der Waals surface area (Å²) in [6.07, 6.45) is 3.29. The van der Waals surface area contributed by atoms with Gasteiger partial charge in [0.1, 0.15) is 21.2 Å². The molecule has 0 saturated carbocycles. The monoisotopic (exact) mass is 420 g/mol. The number of hydrogen-bond donors (Lipinski definition) is 1. The molecule has 0 saturated heterocycles. The van der Waals surface area contributed by atoms with Crippen molar-refractivity contribution in [1.82, 2.24) is 4.98 Å². The van der Waals surface area contributed by atoms with Gasteiger partial charge < -0.3 is 19.6 Å². The van der Waals surface area contributed by atoms with Crippen LogP contribution in [-0.4, -0.2) is 24.7 Å². The van der Waals surface area contributed by atoms with Gasteiger partial charge in [-0.05, 0) is 61.2 Å². The number of nitrogens with zero attached hydrogens (tertiary/aromatic N) is 1. The summed E-state index contributed by atoms with van der Waals surface area (Å²) >= 11 is 1.26. The number of carbonyl (C=O) groups is 1. The zero-order chi connectivity index (χ0) is 20.8. The van der Waals surface area contributed by atoms with Crippen molar-refractivity contribution >= 4 is 33.2 Å². The minimum absolute atomic E-state index is 0.288. The van der Waals surface area contributed by atoms with E-state index >= 15 is 0 Å². The summed E-state index contributed by atoms with van der Waals surface area (Å²) in [5.41, 5.74) is 12.0. The van der Waals surface area contributed by atoms with E-state index in [1.54, 1.807) is 20.3 Å². The maximum Gasteiger partial charge on any atom is 0.350 e. The van der Waals surface area contributed by atoms with Crippen molar-refractivity contribution in [3.8, 4) is 28.3 Å². The van der Waals surface area contributed by atoms with Crippen molar-refractivity contribution in [2.75, 3.05) is 19.5 Å². The van der Waals surface area contributed by atoms with Crippen LogP contribution in [0.4, 0.5) is 5.69 Å². The summed E-state index contributed by atoms with van der Waals surface area (Å²) in [6.45, 7) is 2.06. The molecule has 0 spiro atoms. The molecule has 7 heteroatoms. The van der Waals surface area contributed by atoms with Crippen LogP contribution in [0.25, 0.3) is 32.8 Å². The Bertz CT molecular complexity index is 1270. The van der Waals surface area contributed by atoms with E-state index in [2.05, 4.69) is 6.07 Å². The van der Waals surface area contributed by atoms with Gasteiger partial charge in [0.2, 0.25) is 0 Å². The van der Waals surface area contributed by atoms with Gasteiger partial charge in [-0.2, -0.15) is 0 Å². The molecular weight excluding hydrogens is 400 g/mol. The molecule has 152 valence electrons. The third kappa shape index (κ3) is 2.77. The second-order valence-electron chi connectivity index (χ2n) is 7.06. The van der Waals surface area contributed by atoms with E-state index in [9.17, 15) is 4.79 Å². The van der Waals surface area contributed by atoms with Crippen LogP contribution in [0, 0.1) is 0 Å². The van der Waals surface area contributed by atoms with Crippen molar-refractivity contribution in [2.45, 2.75) is 19.8 Å². The number of pyridine rings is 1. The molecule has 0 aliphatic heterocycles. The van der Waals surface area contributed by atoms with Crippen LogP contribution in [0.3, 0.4) is 0 Å². The molecule has 1 aromatic carbocycles. The van der Waals surface area contributed by atoms with Crippen LogP contribution >= 0.6 is 11.3 Å². The summed E-state index contributed by atoms with van der Waals surface area (Å²) in [7, 11) is 1.67. The topological polar surface area (TPSA) is 87.6 Å². The highest BCUT2D eigenvalue weighted by molar-refractivity contribution is 7.21. The van der Waals surface area contributed by atoms with Gasteiger partial charge in [0, 0.05) is 16.5 Å². The molecule has 0 radical (unpaired) electrons. The minimum atomic E-state index is -0.425. The van der Waals surface area contributed by atoms with E-state index < -0.39 is 5.97 Å². The van der Waals surface area contributed by atoms with Crippen LogP contribution in [0.15, 0.2) is 41.0 Å². The molecule has 4 aromatic rings. The second-order valence-corrected chi connectivity index (χ2v) is 8.06. The summed E-state index contributed by atoms with van der Waals surface area (Å²) in [5.74, 6) is 1.12. The molecule has 1 aliphatic carbocycles. The summed E-state index contributed by atoms with van der Waals surface area (Å²) in [6, 6.07) is 9.81. The Kier molecular flexibility index (Phi) is 4.47. The van der Waals surface area contributed by atoms with Crippen molar-refractivity contribution in [3.63, 3.8) is 0 Å². The van der Waals surface area contributed by atoms with Crippen LogP contribution < -0.4 is 10.5 Å². The molecular formula is C23H20N2O4S. The fourth-order valence-corrected chi connectivity index (χ4v) is 5.09. The van der Waals surface area contributed by atoms with E-state index in [4.69, 9.17) is 24.6 Å². The summed E-state index contributed by atoms with van der Waals surface area (Å²) < 4.78 is 16.4. The molecule has 0 amide bonds. The van der Waals surface area contributed by atoms with Crippen LogP contribution in [0.5, 0.6) is 5.75 Å². The normalized spacial score (nSPS) is 12.5. The molecule has 0 fully saturated rings. The Morgan fingerprint density at radius 3 is 2.90 bits per heavy atom. The molecule has 1 aliphatic rings. The first-order chi connectivity index (χ1) is 14.6. The van der Waals surface area contributed by atoms with E-state index in [1.807, 2.05) is 24.3 Å². The highest BCUT2D eigenvalue weighted by Crippen LogP contribution is 2.47. The third-order valence-corrected chi connectivity index (χ3v) is 6.50. The van der Waals surface area contributed by atoms with E-state index in [0.29, 0.717) is 15.4 Å². The molecule has 0 bridgehead atoms. The average molecular weight is 420 g/mol. The predicted octanol–water partition coefficient (Wildman–Crippen LogP) is 5.09.